The number of ketones is 1. The summed E-state index contributed by atoms with van der Waals surface area (Å²) in [5.74, 6) is 0.958. The van der Waals surface area contributed by atoms with Gasteiger partial charge >= 0.3 is 15.7 Å². The van der Waals surface area contributed by atoms with Gasteiger partial charge in [-0.15, -0.1) is 0 Å². The summed E-state index contributed by atoms with van der Waals surface area (Å²) in [6.45, 7) is 0. The van der Waals surface area contributed by atoms with Gasteiger partial charge in [-0.05, 0) is 52.8 Å². The van der Waals surface area contributed by atoms with Crippen LogP contribution in [0.5, 0.6) is 0 Å². The molecule has 3 aromatic rings. The highest BCUT2D eigenvalue weighted by molar-refractivity contribution is 7.85. The molecule has 1 aromatic heterocycles. The van der Waals surface area contributed by atoms with Gasteiger partial charge in [-0.25, -0.2) is 4.79 Å². The SMILES string of the molecule is O=C1CCCC2c3ccc4ccccc4c3C=CC12.O=c1occcc1S(=O)(=O)O. The minimum absolute atomic E-state index is 0.127. The van der Waals surface area contributed by atoms with E-state index < -0.39 is 20.6 Å². The Morgan fingerprint density at radius 3 is 2.53 bits per heavy atom. The van der Waals surface area contributed by atoms with Crippen LogP contribution in [-0.2, 0) is 14.9 Å². The van der Waals surface area contributed by atoms with Crippen LogP contribution in [0.25, 0.3) is 16.8 Å². The zero-order valence-corrected chi connectivity index (χ0v) is 16.8. The summed E-state index contributed by atoms with van der Waals surface area (Å²) in [4.78, 5) is 21.9. The van der Waals surface area contributed by atoms with Gasteiger partial charge in [0.1, 0.15) is 5.78 Å². The highest BCUT2D eigenvalue weighted by Gasteiger charge is 2.34. The Morgan fingerprint density at radius 2 is 1.80 bits per heavy atom. The second-order valence-electron chi connectivity index (χ2n) is 7.38. The fourth-order valence-corrected chi connectivity index (χ4v) is 4.73. The first-order valence-corrected chi connectivity index (χ1v) is 11.1. The van der Waals surface area contributed by atoms with E-state index in [0.717, 1.165) is 31.6 Å². The van der Waals surface area contributed by atoms with Crippen molar-refractivity contribution in [3.8, 4) is 0 Å². The molecule has 0 bridgehead atoms. The molecule has 1 N–H and O–H groups in total. The summed E-state index contributed by atoms with van der Waals surface area (Å²) < 4.78 is 33.3. The Morgan fingerprint density at radius 1 is 1.00 bits per heavy atom. The van der Waals surface area contributed by atoms with Crippen molar-refractivity contribution >= 4 is 32.7 Å². The van der Waals surface area contributed by atoms with Gasteiger partial charge in [0.15, 0.2) is 4.90 Å². The number of benzene rings is 2. The minimum Gasteiger partial charge on any atom is -0.430 e. The van der Waals surface area contributed by atoms with E-state index >= 15 is 0 Å². The van der Waals surface area contributed by atoms with Crippen molar-refractivity contribution in [2.24, 2.45) is 5.92 Å². The maximum atomic E-state index is 12.1. The van der Waals surface area contributed by atoms with E-state index in [0.29, 0.717) is 11.7 Å². The predicted octanol–water partition coefficient (Wildman–Crippen LogP) is 4.21. The van der Waals surface area contributed by atoms with Crippen LogP contribution in [0.15, 0.2) is 75.0 Å². The third kappa shape index (κ3) is 3.86. The normalized spacial score (nSPS) is 20.1. The molecule has 2 aromatic carbocycles. The molecule has 1 heterocycles. The molecule has 0 saturated heterocycles. The van der Waals surface area contributed by atoms with Gasteiger partial charge in [-0.2, -0.15) is 8.42 Å². The molecule has 30 heavy (non-hydrogen) atoms. The number of fused-ring (bicyclic) bond motifs is 5. The summed E-state index contributed by atoms with van der Waals surface area (Å²) in [6.07, 6.45) is 8.28. The Bertz CT molecular complexity index is 1300. The third-order valence-electron chi connectivity index (χ3n) is 5.60. The highest BCUT2D eigenvalue weighted by Crippen LogP contribution is 2.43. The fraction of sp³-hybridized carbons (Fsp3) is 0.217. The molecular formula is C23H20O6S. The summed E-state index contributed by atoms with van der Waals surface area (Å²) >= 11 is 0. The molecule has 154 valence electrons. The number of rotatable bonds is 1. The standard InChI is InChI=1S/C18H16O.C5H4O5S/c19-18-7-3-6-14-16-9-8-12-4-1-2-5-13(12)15(16)10-11-17(14)18;6-5-4(11(7,8)9)2-1-3-10-5/h1-2,4-5,8-11,14,17H,3,6-7H2;1-3H,(H,7,8,9). The first-order valence-electron chi connectivity index (χ1n) is 9.64. The Hall–Kier alpha value is -3.03. The molecule has 1 fully saturated rings. The summed E-state index contributed by atoms with van der Waals surface area (Å²) in [5.41, 5.74) is 1.63. The first-order chi connectivity index (χ1) is 14.4. The molecule has 0 amide bonds. The number of hydrogen-bond acceptors (Lipinski definition) is 5. The van der Waals surface area contributed by atoms with E-state index in [9.17, 15) is 18.0 Å². The number of Topliss-reactive ketones (excluding diaryl/α,β-unsaturated/α-hetero) is 1. The molecule has 0 spiro atoms. The van der Waals surface area contributed by atoms with Gasteiger partial charge in [-0.1, -0.05) is 48.6 Å². The molecule has 6 nitrogen and oxygen atoms in total. The molecule has 0 aliphatic heterocycles. The quantitative estimate of drug-likeness (QED) is 0.587. The highest BCUT2D eigenvalue weighted by atomic mass is 32.2. The largest absolute Gasteiger partial charge is 0.430 e. The van der Waals surface area contributed by atoms with Crippen molar-refractivity contribution < 1.29 is 22.2 Å². The molecule has 5 rings (SSSR count). The lowest BCUT2D eigenvalue weighted by Crippen LogP contribution is -2.27. The van der Waals surface area contributed by atoms with Crippen molar-refractivity contribution in [2.75, 3.05) is 0 Å². The molecule has 2 aliphatic carbocycles. The van der Waals surface area contributed by atoms with Gasteiger partial charge in [0.25, 0.3) is 0 Å². The molecule has 2 atom stereocenters. The Kier molecular flexibility index (Phi) is 5.40. The summed E-state index contributed by atoms with van der Waals surface area (Å²) in [7, 11) is -4.44. The topological polar surface area (TPSA) is 102 Å². The maximum Gasteiger partial charge on any atom is 0.357 e. The van der Waals surface area contributed by atoms with Crippen LogP contribution in [0.1, 0.15) is 36.3 Å². The number of carbonyl (C=O) groups excluding carboxylic acids is 1. The average molecular weight is 424 g/mol. The lowest BCUT2D eigenvalue weighted by Gasteiger charge is -2.33. The Balaban J connectivity index is 0.000000170. The van der Waals surface area contributed by atoms with Gasteiger partial charge < -0.3 is 4.42 Å². The van der Waals surface area contributed by atoms with Crippen LogP contribution in [0.2, 0.25) is 0 Å². The van der Waals surface area contributed by atoms with Crippen LogP contribution in [-0.4, -0.2) is 18.8 Å². The molecule has 7 heteroatoms. The number of allylic oxidation sites excluding steroid dienone is 1. The van der Waals surface area contributed by atoms with Crippen LogP contribution in [0.4, 0.5) is 0 Å². The van der Waals surface area contributed by atoms with E-state index in [2.05, 4.69) is 53.0 Å². The molecular weight excluding hydrogens is 404 g/mol. The van der Waals surface area contributed by atoms with Crippen molar-refractivity contribution in [2.45, 2.75) is 30.1 Å². The van der Waals surface area contributed by atoms with Crippen molar-refractivity contribution in [1.29, 1.82) is 0 Å². The molecule has 1 saturated carbocycles. The monoisotopic (exact) mass is 424 g/mol. The van der Waals surface area contributed by atoms with Crippen LogP contribution in [0.3, 0.4) is 0 Å². The minimum atomic E-state index is -4.44. The van der Waals surface area contributed by atoms with Crippen LogP contribution >= 0.6 is 0 Å². The summed E-state index contributed by atoms with van der Waals surface area (Å²) in [5, 5.41) is 2.60. The van der Waals surface area contributed by atoms with Gasteiger partial charge in [-0.3, -0.25) is 9.35 Å². The van der Waals surface area contributed by atoms with E-state index in [1.165, 1.54) is 28.0 Å². The molecule has 2 aliphatic rings. The van der Waals surface area contributed by atoms with E-state index in [1.807, 2.05) is 0 Å². The zero-order valence-electron chi connectivity index (χ0n) is 16.0. The van der Waals surface area contributed by atoms with Gasteiger partial charge in [0.05, 0.1) is 6.26 Å². The lowest BCUT2D eigenvalue weighted by molar-refractivity contribution is -0.123. The summed E-state index contributed by atoms with van der Waals surface area (Å²) in [6, 6.07) is 15.1. The molecule has 2 unspecified atom stereocenters. The number of carbonyl (C=O) groups is 1. The van der Waals surface area contributed by atoms with E-state index in [4.69, 9.17) is 4.55 Å². The average Bonchev–Trinajstić information content (AvgIpc) is 2.73. The second kappa shape index (κ2) is 8.01. The van der Waals surface area contributed by atoms with Crippen molar-refractivity contribution in [3.63, 3.8) is 0 Å². The second-order valence-corrected chi connectivity index (χ2v) is 8.77. The Labute approximate surface area is 173 Å². The number of hydrogen-bond donors (Lipinski definition) is 1. The lowest BCUT2D eigenvalue weighted by atomic mass is 9.70. The third-order valence-corrected chi connectivity index (χ3v) is 6.46. The van der Waals surface area contributed by atoms with Crippen molar-refractivity contribution in [3.05, 3.63) is 82.4 Å². The molecule has 0 radical (unpaired) electrons. The smallest absolute Gasteiger partial charge is 0.357 e. The predicted molar refractivity (Wildman–Crippen MR) is 113 cm³/mol. The first kappa shape index (κ1) is 20.3. The maximum absolute atomic E-state index is 12.1. The van der Waals surface area contributed by atoms with E-state index in [-0.39, 0.29) is 5.92 Å². The zero-order chi connectivity index (χ0) is 21.3. The van der Waals surface area contributed by atoms with Gasteiger partial charge in [0, 0.05) is 12.3 Å². The fourth-order valence-electron chi connectivity index (χ4n) is 4.22. The van der Waals surface area contributed by atoms with E-state index in [1.54, 1.807) is 0 Å². The van der Waals surface area contributed by atoms with Crippen LogP contribution in [0, 0.1) is 5.92 Å². The van der Waals surface area contributed by atoms with Crippen molar-refractivity contribution in [1.82, 2.24) is 0 Å². The van der Waals surface area contributed by atoms with Gasteiger partial charge in [0.2, 0.25) is 0 Å². The van der Waals surface area contributed by atoms with Crippen LogP contribution < -0.4 is 5.63 Å².